The fourth-order valence-corrected chi connectivity index (χ4v) is 2.21. The van der Waals surface area contributed by atoms with Crippen molar-refractivity contribution in [2.24, 2.45) is 0 Å². The molecule has 1 heterocycles. The summed E-state index contributed by atoms with van der Waals surface area (Å²) in [5.74, 6) is 1.58. The third-order valence-corrected chi connectivity index (χ3v) is 3.25. The first kappa shape index (κ1) is 16.4. The standard InChI is InChI=1S/C17H25N3O2/c1-14(2)22-16-6-5-15(11-17(16)21-3)12-18-7-4-9-20-10-8-19-13-20/h5-6,8,10-11,13-14,18H,4,7,9,12H2,1-3H3. The van der Waals surface area contributed by atoms with Crippen LogP contribution < -0.4 is 14.8 Å². The summed E-state index contributed by atoms with van der Waals surface area (Å²) in [6, 6.07) is 6.07. The fraction of sp³-hybridized carbons (Fsp3) is 0.471. The van der Waals surface area contributed by atoms with Gasteiger partial charge in [0.15, 0.2) is 11.5 Å². The molecule has 0 spiro atoms. The summed E-state index contributed by atoms with van der Waals surface area (Å²) in [5.41, 5.74) is 1.19. The molecule has 0 atom stereocenters. The van der Waals surface area contributed by atoms with Gasteiger partial charge in [-0.2, -0.15) is 0 Å². The Morgan fingerprint density at radius 3 is 2.82 bits per heavy atom. The van der Waals surface area contributed by atoms with Crippen molar-refractivity contribution in [2.75, 3.05) is 13.7 Å². The van der Waals surface area contributed by atoms with Crippen LogP contribution in [0.4, 0.5) is 0 Å². The van der Waals surface area contributed by atoms with Crippen LogP contribution in [-0.2, 0) is 13.1 Å². The van der Waals surface area contributed by atoms with E-state index in [4.69, 9.17) is 9.47 Å². The van der Waals surface area contributed by atoms with Gasteiger partial charge in [-0.25, -0.2) is 4.98 Å². The first-order chi connectivity index (χ1) is 10.7. The number of ether oxygens (including phenoxy) is 2. The van der Waals surface area contributed by atoms with Crippen LogP contribution >= 0.6 is 0 Å². The third-order valence-electron chi connectivity index (χ3n) is 3.25. The first-order valence-electron chi connectivity index (χ1n) is 7.69. The number of hydrogen-bond acceptors (Lipinski definition) is 4. The van der Waals surface area contributed by atoms with Gasteiger partial charge < -0.3 is 19.4 Å². The molecule has 2 rings (SSSR count). The van der Waals surface area contributed by atoms with E-state index in [1.807, 2.05) is 38.5 Å². The number of aryl methyl sites for hydroxylation is 1. The zero-order valence-electron chi connectivity index (χ0n) is 13.6. The molecule has 0 aliphatic heterocycles. The zero-order chi connectivity index (χ0) is 15.8. The molecule has 0 bridgehead atoms. The summed E-state index contributed by atoms with van der Waals surface area (Å²) in [6.45, 7) is 6.79. The number of nitrogens with zero attached hydrogens (tertiary/aromatic N) is 2. The van der Waals surface area contributed by atoms with E-state index in [9.17, 15) is 0 Å². The van der Waals surface area contributed by atoms with E-state index in [-0.39, 0.29) is 6.10 Å². The van der Waals surface area contributed by atoms with Gasteiger partial charge in [0.2, 0.25) is 0 Å². The highest BCUT2D eigenvalue weighted by atomic mass is 16.5. The summed E-state index contributed by atoms with van der Waals surface area (Å²) < 4.78 is 13.2. The predicted molar refractivity (Wildman–Crippen MR) is 87.3 cm³/mol. The van der Waals surface area contributed by atoms with Crippen molar-refractivity contribution in [2.45, 2.75) is 39.5 Å². The van der Waals surface area contributed by atoms with Crippen molar-refractivity contribution in [1.82, 2.24) is 14.9 Å². The molecule has 0 aliphatic rings. The summed E-state index contributed by atoms with van der Waals surface area (Å²) in [4.78, 5) is 4.03. The van der Waals surface area contributed by atoms with Crippen molar-refractivity contribution >= 4 is 0 Å². The molecule has 22 heavy (non-hydrogen) atoms. The van der Waals surface area contributed by atoms with Crippen LogP contribution in [0.5, 0.6) is 11.5 Å². The molecule has 0 amide bonds. The van der Waals surface area contributed by atoms with Crippen LogP contribution in [0.3, 0.4) is 0 Å². The highest BCUT2D eigenvalue weighted by Gasteiger charge is 2.07. The van der Waals surface area contributed by atoms with Crippen LogP contribution in [0, 0.1) is 0 Å². The van der Waals surface area contributed by atoms with E-state index in [0.29, 0.717) is 0 Å². The summed E-state index contributed by atoms with van der Waals surface area (Å²) in [5, 5.41) is 3.45. The number of nitrogens with one attached hydrogen (secondary N) is 1. The van der Waals surface area contributed by atoms with Crippen LogP contribution in [0.15, 0.2) is 36.9 Å². The molecule has 1 N–H and O–H groups in total. The summed E-state index contributed by atoms with van der Waals surface area (Å²) in [7, 11) is 1.67. The number of hydrogen-bond donors (Lipinski definition) is 1. The van der Waals surface area contributed by atoms with E-state index in [1.165, 1.54) is 5.56 Å². The number of benzene rings is 1. The average Bonchev–Trinajstić information content (AvgIpc) is 3.01. The van der Waals surface area contributed by atoms with Crippen LogP contribution in [-0.4, -0.2) is 29.3 Å². The van der Waals surface area contributed by atoms with Crippen LogP contribution in [0.1, 0.15) is 25.8 Å². The van der Waals surface area contributed by atoms with Crippen molar-refractivity contribution in [3.05, 3.63) is 42.5 Å². The Balaban J connectivity index is 1.77. The molecular formula is C17H25N3O2. The molecule has 120 valence electrons. The van der Waals surface area contributed by atoms with Crippen molar-refractivity contribution in [3.63, 3.8) is 0 Å². The molecule has 5 nitrogen and oxygen atoms in total. The smallest absolute Gasteiger partial charge is 0.161 e. The molecule has 2 aromatic rings. The van der Waals surface area contributed by atoms with Gasteiger partial charge in [0.05, 0.1) is 19.5 Å². The highest BCUT2D eigenvalue weighted by Crippen LogP contribution is 2.28. The van der Waals surface area contributed by atoms with Crippen molar-refractivity contribution in [1.29, 1.82) is 0 Å². The SMILES string of the molecule is COc1cc(CNCCCn2ccnc2)ccc1OC(C)C. The molecule has 0 unspecified atom stereocenters. The lowest BCUT2D eigenvalue weighted by molar-refractivity contribution is 0.230. The Kier molecular flexibility index (Phi) is 6.27. The third kappa shape index (κ3) is 5.07. The minimum absolute atomic E-state index is 0.140. The topological polar surface area (TPSA) is 48.3 Å². The molecule has 0 radical (unpaired) electrons. The van der Waals surface area contributed by atoms with E-state index >= 15 is 0 Å². The quantitative estimate of drug-likeness (QED) is 0.724. The lowest BCUT2D eigenvalue weighted by Gasteiger charge is -2.14. The monoisotopic (exact) mass is 303 g/mol. The minimum atomic E-state index is 0.140. The zero-order valence-corrected chi connectivity index (χ0v) is 13.6. The Hall–Kier alpha value is -2.01. The molecule has 5 heteroatoms. The number of methoxy groups -OCH3 is 1. The second-order valence-electron chi connectivity index (χ2n) is 5.48. The van der Waals surface area contributed by atoms with Gasteiger partial charge in [0.25, 0.3) is 0 Å². The first-order valence-corrected chi connectivity index (χ1v) is 7.69. The Morgan fingerprint density at radius 1 is 1.27 bits per heavy atom. The van der Waals surface area contributed by atoms with Crippen molar-refractivity contribution in [3.8, 4) is 11.5 Å². The molecule has 0 saturated heterocycles. The maximum Gasteiger partial charge on any atom is 0.161 e. The van der Waals surface area contributed by atoms with Gasteiger partial charge in [0, 0.05) is 25.5 Å². The van der Waals surface area contributed by atoms with Gasteiger partial charge in [-0.05, 0) is 44.5 Å². The van der Waals surface area contributed by atoms with E-state index < -0.39 is 0 Å². The molecule has 0 saturated carbocycles. The summed E-state index contributed by atoms with van der Waals surface area (Å²) in [6.07, 6.45) is 6.85. The Morgan fingerprint density at radius 2 is 2.14 bits per heavy atom. The maximum atomic E-state index is 5.72. The van der Waals surface area contributed by atoms with Crippen molar-refractivity contribution < 1.29 is 9.47 Å². The molecule has 0 fully saturated rings. The fourth-order valence-electron chi connectivity index (χ4n) is 2.21. The van der Waals surface area contributed by atoms with Gasteiger partial charge in [-0.3, -0.25) is 0 Å². The maximum absolute atomic E-state index is 5.72. The number of aromatic nitrogens is 2. The normalized spacial score (nSPS) is 10.9. The lowest BCUT2D eigenvalue weighted by atomic mass is 10.2. The second kappa shape index (κ2) is 8.44. The number of rotatable bonds is 9. The predicted octanol–water partition coefficient (Wildman–Crippen LogP) is 2.86. The summed E-state index contributed by atoms with van der Waals surface area (Å²) >= 11 is 0. The van der Waals surface area contributed by atoms with Gasteiger partial charge in [-0.1, -0.05) is 6.07 Å². The molecule has 0 aliphatic carbocycles. The van der Waals surface area contributed by atoms with Crippen LogP contribution in [0.2, 0.25) is 0 Å². The number of imidazole rings is 1. The average molecular weight is 303 g/mol. The molecule has 1 aromatic carbocycles. The second-order valence-corrected chi connectivity index (χ2v) is 5.48. The van der Waals surface area contributed by atoms with Gasteiger partial charge in [-0.15, -0.1) is 0 Å². The molecule has 1 aromatic heterocycles. The van der Waals surface area contributed by atoms with Crippen LogP contribution in [0.25, 0.3) is 0 Å². The van der Waals surface area contributed by atoms with Gasteiger partial charge >= 0.3 is 0 Å². The van der Waals surface area contributed by atoms with Gasteiger partial charge in [0.1, 0.15) is 0 Å². The largest absolute Gasteiger partial charge is 0.493 e. The highest BCUT2D eigenvalue weighted by molar-refractivity contribution is 5.43. The minimum Gasteiger partial charge on any atom is -0.493 e. The van der Waals surface area contributed by atoms with E-state index in [1.54, 1.807) is 13.3 Å². The van der Waals surface area contributed by atoms with E-state index in [0.717, 1.165) is 37.6 Å². The Bertz CT molecular complexity index is 553. The molecular weight excluding hydrogens is 278 g/mol. The Labute approximate surface area is 132 Å². The lowest BCUT2D eigenvalue weighted by Crippen LogP contribution is -2.16. The van der Waals surface area contributed by atoms with E-state index in [2.05, 4.69) is 20.9 Å².